The smallest absolute Gasteiger partial charge is 0.129 e. The highest BCUT2D eigenvalue weighted by Crippen LogP contribution is 2.22. The summed E-state index contributed by atoms with van der Waals surface area (Å²) >= 11 is 0. The molecule has 4 nitrogen and oxygen atoms in total. The first-order chi connectivity index (χ1) is 9.63. The van der Waals surface area contributed by atoms with Crippen molar-refractivity contribution in [1.29, 1.82) is 0 Å². The van der Waals surface area contributed by atoms with Crippen molar-refractivity contribution in [3.63, 3.8) is 0 Å². The fourth-order valence-electron chi connectivity index (χ4n) is 2.69. The van der Waals surface area contributed by atoms with Gasteiger partial charge in [-0.05, 0) is 45.0 Å². The normalized spacial score (nSPS) is 23.1. The maximum Gasteiger partial charge on any atom is 0.129 e. The Labute approximate surface area is 122 Å². The molecule has 0 radical (unpaired) electrons. The average Bonchev–Trinajstić information content (AvgIpc) is 2.42. The lowest BCUT2D eigenvalue weighted by Crippen LogP contribution is -2.47. The minimum absolute atomic E-state index is 0.274. The number of pyridine rings is 1. The molecule has 2 heterocycles. The molecule has 1 fully saturated rings. The van der Waals surface area contributed by atoms with Gasteiger partial charge in [-0.1, -0.05) is 13.3 Å². The minimum Gasteiger partial charge on any atom is -0.375 e. The Morgan fingerprint density at radius 1 is 1.40 bits per heavy atom. The Bertz CT molecular complexity index is 411. The van der Waals surface area contributed by atoms with Crippen molar-refractivity contribution in [3.05, 3.63) is 23.4 Å². The average molecular weight is 277 g/mol. The van der Waals surface area contributed by atoms with Crippen LogP contribution < -0.4 is 10.2 Å². The van der Waals surface area contributed by atoms with E-state index in [1.54, 1.807) is 0 Å². The van der Waals surface area contributed by atoms with Crippen LogP contribution in [0.25, 0.3) is 0 Å². The van der Waals surface area contributed by atoms with E-state index in [1.807, 2.05) is 7.05 Å². The second-order valence-corrected chi connectivity index (χ2v) is 5.75. The number of ether oxygens (including phenoxy) is 1. The van der Waals surface area contributed by atoms with Gasteiger partial charge in [0.1, 0.15) is 5.82 Å². The first-order valence-electron chi connectivity index (χ1n) is 7.66. The molecule has 2 unspecified atom stereocenters. The van der Waals surface area contributed by atoms with Gasteiger partial charge in [-0.2, -0.15) is 0 Å². The quantitative estimate of drug-likeness (QED) is 0.896. The SMILES string of the molecule is CCCc1cc(CNC)cc(N2CC(C)OCC2C)n1. The fourth-order valence-corrected chi connectivity index (χ4v) is 2.69. The highest BCUT2D eigenvalue weighted by molar-refractivity contribution is 5.44. The molecular formula is C16H27N3O. The van der Waals surface area contributed by atoms with E-state index >= 15 is 0 Å². The first kappa shape index (κ1) is 15.3. The molecule has 0 amide bonds. The number of rotatable bonds is 5. The molecule has 1 aliphatic heterocycles. The van der Waals surface area contributed by atoms with E-state index in [9.17, 15) is 0 Å². The summed E-state index contributed by atoms with van der Waals surface area (Å²) in [5.74, 6) is 1.10. The predicted octanol–water partition coefficient (Wildman–Crippen LogP) is 2.37. The van der Waals surface area contributed by atoms with E-state index in [4.69, 9.17) is 9.72 Å². The zero-order valence-electron chi connectivity index (χ0n) is 13.1. The second-order valence-electron chi connectivity index (χ2n) is 5.75. The monoisotopic (exact) mass is 277 g/mol. The van der Waals surface area contributed by atoms with Crippen LogP contribution in [0, 0.1) is 0 Å². The summed E-state index contributed by atoms with van der Waals surface area (Å²) in [6.45, 7) is 9.12. The zero-order chi connectivity index (χ0) is 14.5. The van der Waals surface area contributed by atoms with Gasteiger partial charge in [0.25, 0.3) is 0 Å². The van der Waals surface area contributed by atoms with Crippen LogP contribution in [0.5, 0.6) is 0 Å². The largest absolute Gasteiger partial charge is 0.375 e. The van der Waals surface area contributed by atoms with Crippen molar-refractivity contribution in [2.45, 2.75) is 52.3 Å². The summed E-state index contributed by atoms with van der Waals surface area (Å²) in [6, 6.07) is 4.82. The molecule has 0 bridgehead atoms. The molecule has 112 valence electrons. The Kier molecular flexibility index (Phi) is 5.38. The molecule has 1 aromatic heterocycles. The summed E-state index contributed by atoms with van der Waals surface area (Å²) in [6.07, 6.45) is 2.44. The predicted molar refractivity (Wildman–Crippen MR) is 83.2 cm³/mol. The lowest BCUT2D eigenvalue weighted by Gasteiger charge is -2.38. The molecule has 4 heteroatoms. The molecule has 1 saturated heterocycles. The van der Waals surface area contributed by atoms with Gasteiger partial charge in [0.15, 0.2) is 0 Å². The van der Waals surface area contributed by atoms with E-state index in [-0.39, 0.29) is 6.10 Å². The molecule has 1 aromatic rings. The molecule has 2 rings (SSSR count). The number of hydrogen-bond acceptors (Lipinski definition) is 4. The third-order valence-corrected chi connectivity index (χ3v) is 3.71. The van der Waals surface area contributed by atoms with Crippen molar-refractivity contribution in [3.8, 4) is 0 Å². The fraction of sp³-hybridized carbons (Fsp3) is 0.688. The van der Waals surface area contributed by atoms with Crippen molar-refractivity contribution >= 4 is 5.82 Å². The van der Waals surface area contributed by atoms with Crippen LogP contribution in [0.15, 0.2) is 12.1 Å². The molecule has 1 aliphatic rings. The molecule has 0 spiro atoms. The molecule has 0 aliphatic carbocycles. The molecule has 2 atom stereocenters. The molecule has 20 heavy (non-hydrogen) atoms. The topological polar surface area (TPSA) is 37.4 Å². The summed E-state index contributed by atoms with van der Waals surface area (Å²) in [4.78, 5) is 7.24. The van der Waals surface area contributed by atoms with Crippen LogP contribution in [0.2, 0.25) is 0 Å². The summed E-state index contributed by atoms with van der Waals surface area (Å²) in [5.41, 5.74) is 2.51. The van der Waals surface area contributed by atoms with Crippen LogP contribution >= 0.6 is 0 Å². The van der Waals surface area contributed by atoms with E-state index in [0.717, 1.165) is 38.4 Å². The van der Waals surface area contributed by atoms with Gasteiger partial charge in [0.2, 0.25) is 0 Å². The third kappa shape index (κ3) is 3.70. The van der Waals surface area contributed by atoms with Crippen LogP contribution in [-0.2, 0) is 17.7 Å². The number of aryl methyl sites for hydroxylation is 1. The maximum absolute atomic E-state index is 5.72. The number of nitrogens with zero attached hydrogens (tertiary/aromatic N) is 2. The standard InChI is InChI=1S/C16H27N3O/c1-5-6-15-7-14(9-17-4)8-16(18-15)19-10-13(3)20-11-12(19)2/h7-8,12-13,17H,5-6,9-11H2,1-4H3. The second kappa shape index (κ2) is 7.04. The number of anilines is 1. The molecular weight excluding hydrogens is 250 g/mol. The van der Waals surface area contributed by atoms with E-state index in [0.29, 0.717) is 6.04 Å². The highest BCUT2D eigenvalue weighted by Gasteiger charge is 2.25. The summed E-state index contributed by atoms with van der Waals surface area (Å²) < 4.78 is 5.72. The van der Waals surface area contributed by atoms with Crippen LogP contribution in [-0.4, -0.2) is 37.3 Å². The molecule has 0 aromatic carbocycles. The van der Waals surface area contributed by atoms with E-state index in [2.05, 4.69) is 43.1 Å². The highest BCUT2D eigenvalue weighted by atomic mass is 16.5. The summed E-state index contributed by atoms with van der Waals surface area (Å²) in [5, 5.41) is 3.23. The number of aromatic nitrogens is 1. The van der Waals surface area contributed by atoms with Crippen molar-refractivity contribution < 1.29 is 4.74 Å². The Balaban J connectivity index is 2.28. The Morgan fingerprint density at radius 2 is 2.20 bits per heavy atom. The zero-order valence-corrected chi connectivity index (χ0v) is 13.1. The van der Waals surface area contributed by atoms with E-state index in [1.165, 1.54) is 11.3 Å². The third-order valence-electron chi connectivity index (χ3n) is 3.71. The maximum atomic E-state index is 5.72. The van der Waals surface area contributed by atoms with Crippen LogP contribution in [0.4, 0.5) is 5.82 Å². The Morgan fingerprint density at radius 3 is 2.90 bits per heavy atom. The lowest BCUT2D eigenvalue weighted by molar-refractivity contribution is 0.0340. The van der Waals surface area contributed by atoms with Crippen molar-refractivity contribution in [2.24, 2.45) is 0 Å². The first-order valence-corrected chi connectivity index (χ1v) is 7.66. The molecule has 1 N–H and O–H groups in total. The van der Waals surface area contributed by atoms with Gasteiger partial charge in [0.05, 0.1) is 18.8 Å². The van der Waals surface area contributed by atoms with Gasteiger partial charge < -0.3 is 15.0 Å². The van der Waals surface area contributed by atoms with Crippen LogP contribution in [0.1, 0.15) is 38.4 Å². The van der Waals surface area contributed by atoms with Crippen molar-refractivity contribution in [1.82, 2.24) is 10.3 Å². The summed E-state index contributed by atoms with van der Waals surface area (Å²) in [7, 11) is 1.99. The van der Waals surface area contributed by atoms with Gasteiger partial charge in [-0.3, -0.25) is 0 Å². The number of nitrogens with one attached hydrogen (secondary N) is 1. The number of hydrogen-bond donors (Lipinski definition) is 1. The van der Waals surface area contributed by atoms with E-state index < -0.39 is 0 Å². The minimum atomic E-state index is 0.274. The van der Waals surface area contributed by atoms with Crippen LogP contribution in [0.3, 0.4) is 0 Å². The van der Waals surface area contributed by atoms with Gasteiger partial charge in [-0.25, -0.2) is 4.98 Å². The number of morpholine rings is 1. The van der Waals surface area contributed by atoms with Gasteiger partial charge in [0, 0.05) is 18.8 Å². The van der Waals surface area contributed by atoms with Gasteiger partial charge in [-0.15, -0.1) is 0 Å². The lowest BCUT2D eigenvalue weighted by atomic mass is 10.1. The Hall–Kier alpha value is -1.13. The van der Waals surface area contributed by atoms with Crippen molar-refractivity contribution in [2.75, 3.05) is 25.1 Å². The van der Waals surface area contributed by atoms with Gasteiger partial charge >= 0.3 is 0 Å². The molecule has 0 saturated carbocycles.